The fourth-order valence-electron chi connectivity index (χ4n) is 2.79. The molecule has 1 aromatic carbocycles. The molecule has 0 aliphatic heterocycles. The van der Waals surface area contributed by atoms with Gasteiger partial charge in [0.2, 0.25) is 5.91 Å². The van der Waals surface area contributed by atoms with Crippen LogP contribution in [0.2, 0.25) is 0 Å². The van der Waals surface area contributed by atoms with Gasteiger partial charge in [0.05, 0.1) is 12.8 Å². The Balaban J connectivity index is 0.00000450. The molecule has 0 saturated heterocycles. The normalized spacial score (nSPS) is 12.2. The van der Waals surface area contributed by atoms with Crippen LogP contribution in [0, 0.1) is 0 Å². The Morgan fingerprint density at radius 3 is 2.57 bits per heavy atom. The predicted octanol–water partition coefficient (Wildman–Crippen LogP) is 2.98. The van der Waals surface area contributed by atoms with Gasteiger partial charge in [-0.1, -0.05) is 30.3 Å². The highest BCUT2D eigenvalue weighted by Crippen LogP contribution is 2.07. The first-order chi connectivity index (χ1) is 14.1. The fraction of sp³-hybridized carbons (Fsp3) is 0.455. The first-order valence-electron chi connectivity index (χ1n) is 10.1. The Bertz CT molecular complexity index is 737. The van der Waals surface area contributed by atoms with E-state index >= 15 is 0 Å². The van der Waals surface area contributed by atoms with E-state index in [4.69, 9.17) is 4.42 Å². The maximum atomic E-state index is 12.0. The molecule has 1 amide bonds. The van der Waals surface area contributed by atoms with Gasteiger partial charge in [0.1, 0.15) is 12.3 Å². The molecule has 1 atom stereocenters. The van der Waals surface area contributed by atoms with Crippen LogP contribution in [0.15, 0.2) is 58.1 Å². The molecule has 3 N–H and O–H groups in total. The third-order valence-corrected chi connectivity index (χ3v) is 4.65. The number of benzene rings is 1. The highest BCUT2D eigenvalue weighted by molar-refractivity contribution is 14.0. The zero-order valence-corrected chi connectivity index (χ0v) is 20.4. The first kappa shape index (κ1) is 26.0. The summed E-state index contributed by atoms with van der Waals surface area (Å²) in [7, 11) is 2.14. The largest absolute Gasteiger partial charge is 0.467 e. The number of halogens is 1. The van der Waals surface area contributed by atoms with Gasteiger partial charge in [-0.15, -0.1) is 24.0 Å². The van der Waals surface area contributed by atoms with Crippen LogP contribution < -0.4 is 16.0 Å². The SMILES string of the molecule is CCNC(=NCC(=O)NCc1ccco1)NCCC(C)N(C)Cc1ccccc1.I. The smallest absolute Gasteiger partial charge is 0.242 e. The number of amides is 1. The fourth-order valence-corrected chi connectivity index (χ4v) is 2.79. The Morgan fingerprint density at radius 2 is 1.90 bits per heavy atom. The lowest BCUT2D eigenvalue weighted by Gasteiger charge is -2.25. The number of guanidine groups is 1. The molecule has 0 fully saturated rings. The van der Waals surface area contributed by atoms with Crippen molar-refractivity contribution < 1.29 is 9.21 Å². The number of hydrogen-bond donors (Lipinski definition) is 3. The Morgan fingerprint density at radius 1 is 1.13 bits per heavy atom. The van der Waals surface area contributed by atoms with Crippen molar-refractivity contribution >= 4 is 35.8 Å². The van der Waals surface area contributed by atoms with Crippen LogP contribution in [0.1, 0.15) is 31.6 Å². The molecule has 166 valence electrons. The van der Waals surface area contributed by atoms with Crippen molar-refractivity contribution in [2.45, 2.75) is 39.4 Å². The summed E-state index contributed by atoms with van der Waals surface area (Å²) < 4.78 is 5.20. The topological polar surface area (TPSA) is 81.9 Å². The maximum Gasteiger partial charge on any atom is 0.242 e. The minimum Gasteiger partial charge on any atom is -0.467 e. The van der Waals surface area contributed by atoms with E-state index in [9.17, 15) is 4.79 Å². The molecule has 0 aliphatic carbocycles. The van der Waals surface area contributed by atoms with E-state index < -0.39 is 0 Å². The second kappa shape index (κ2) is 14.8. The molecule has 1 aromatic heterocycles. The second-order valence-corrected chi connectivity index (χ2v) is 7.02. The van der Waals surface area contributed by atoms with Gasteiger partial charge in [-0.3, -0.25) is 9.69 Å². The van der Waals surface area contributed by atoms with E-state index in [-0.39, 0.29) is 36.4 Å². The molecule has 2 rings (SSSR count). The summed E-state index contributed by atoms with van der Waals surface area (Å²) in [4.78, 5) is 18.7. The summed E-state index contributed by atoms with van der Waals surface area (Å²) in [5.41, 5.74) is 1.31. The number of rotatable bonds is 11. The number of nitrogens with zero attached hydrogens (tertiary/aromatic N) is 2. The van der Waals surface area contributed by atoms with Crippen molar-refractivity contribution in [3.05, 3.63) is 60.1 Å². The molecule has 2 aromatic rings. The monoisotopic (exact) mass is 527 g/mol. The molecular weight excluding hydrogens is 493 g/mol. The van der Waals surface area contributed by atoms with Gasteiger partial charge in [-0.25, -0.2) is 4.99 Å². The van der Waals surface area contributed by atoms with Crippen molar-refractivity contribution in [3.8, 4) is 0 Å². The van der Waals surface area contributed by atoms with E-state index in [1.807, 2.05) is 19.1 Å². The summed E-state index contributed by atoms with van der Waals surface area (Å²) in [6, 6.07) is 14.5. The Kier molecular flexibility index (Phi) is 12.8. The van der Waals surface area contributed by atoms with Crippen LogP contribution in [0.4, 0.5) is 0 Å². The van der Waals surface area contributed by atoms with E-state index in [2.05, 4.69) is 64.1 Å². The Hall–Kier alpha value is -2.07. The molecule has 0 saturated carbocycles. The predicted molar refractivity (Wildman–Crippen MR) is 132 cm³/mol. The minimum atomic E-state index is -0.144. The summed E-state index contributed by atoms with van der Waals surface area (Å²) in [6.45, 7) is 7.10. The lowest BCUT2D eigenvalue weighted by atomic mass is 10.1. The number of hydrogen-bond acceptors (Lipinski definition) is 4. The number of furan rings is 1. The maximum absolute atomic E-state index is 12.0. The van der Waals surface area contributed by atoms with Crippen LogP contribution >= 0.6 is 24.0 Å². The standard InChI is InChI=1S/C22H33N5O2.HI/c1-4-23-22(26-16-21(28)25-15-20-11-8-14-29-20)24-13-12-18(2)27(3)17-19-9-6-5-7-10-19;/h5-11,14,18H,4,12-13,15-17H2,1-3H3,(H,25,28)(H2,23,24,26);1H. The number of carbonyl (C=O) groups excluding carboxylic acids is 1. The van der Waals surface area contributed by atoms with Gasteiger partial charge in [0.25, 0.3) is 0 Å². The van der Waals surface area contributed by atoms with Gasteiger partial charge in [0, 0.05) is 25.7 Å². The van der Waals surface area contributed by atoms with Crippen LogP contribution in [-0.2, 0) is 17.9 Å². The second-order valence-electron chi connectivity index (χ2n) is 7.02. The zero-order valence-electron chi connectivity index (χ0n) is 18.1. The molecule has 0 aliphatic rings. The van der Waals surface area contributed by atoms with Gasteiger partial charge < -0.3 is 20.4 Å². The third kappa shape index (κ3) is 10.1. The van der Waals surface area contributed by atoms with Gasteiger partial charge in [0.15, 0.2) is 5.96 Å². The van der Waals surface area contributed by atoms with Gasteiger partial charge in [-0.2, -0.15) is 0 Å². The summed E-state index contributed by atoms with van der Waals surface area (Å²) in [5.74, 6) is 1.23. The molecule has 1 unspecified atom stereocenters. The van der Waals surface area contributed by atoms with E-state index in [1.54, 1.807) is 12.3 Å². The summed E-state index contributed by atoms with van der Waals surface area (Å²) >= 11 is 0. The average Bonchev–Trinajstić information content (AvgIpc) is 3.24. The van der Waals surface area contributed by atoms with E-state index in [1.165, 1.54) is 5.56 Å². The van der Waals surface area contributed by atoms with Crippen molar-refractivity contribution in [1.29, 1.82) is 0 Å². The van der Waals surface area contributed by atoms with E-state index in [0.717, 1.165) is 31.8 Å². The summed E-state index contributed by atoms with van der Waals surface area (Å²) in [5, 5.41) is 9.28. The molecule has 0 radical (unpaired) electrons. The van der Waals surface area contributed by atoms with Crippen LogP contribution in [0.5, 0.6) is 0 Å². The van der Waals surface area contributed by atoms with Crippen molar-refractivity contribution in [3.63, 3.8) is 0 Å². The van der Waals surface area contributed by atoms with E-state index in [0.29, 0.717) is 18.5 Å². The molecule has 8 heteroatoms. The highest BCUT2D eigenvalue weighted by Gasteiger charge is 2.10. The van der Waals surface area contributed by atoms with Crippen LogP contribution in [-0.4, -0.2) is 49.5 Å². The molecule has 30 heavy (non-hydrogen) atoms. The molecule has 7 nitrogen and oxygen atoms in total. The first-order valence-corrected chi connectivity index (χ1v) is 10.1. The van der Waals surface area contributed by atoms with Gasteiger partial charge in [-0.05, 0) is 45.0 Å². The van der Waals surface area contributed by atoms with Crippen LogP contribution in [0.3, 0.4) is 0 Å². The van der Waals surface area contributed by atoms with Crippen molar-refractivity contribution in [2.75, 3.05) is 26.7 Å². The Labute approximate surface area is 196 Å². The molecule has 1 heterocycles. The number of carbonyl (C=O) groups is 1. The third-order valence-electron chi connectivity index (χ3n) is 4.65. The van der Waals surface area contributed by atoms with Gasteiger partial charge >= 0.3 is 0 Å². The zero-order chi connectivity index (χ0) is 20.9. The highest BCUT2D eigenvalue weighted by atomic mass is 127. The number of aliphatic imine (C=N–C) groups is 1. The number of nitrogens with one attached hydrogen (secondary N) is 3. The molecule has 0 spiro atoms. The molecular formula is C22H34IN5O2. The minimum absolute atomic E-state index is 0. The molecule has 0 bridgehead atoms. The quantitative estimate of drug-likeness (QED) is 0.238. The van der Waals surface area contributed by atoms with Crippen molar-refractivity contribution in [1.82, 2.24) is 20.9 Å². The average molecular weight is 527 g/mol. The lowest BCUT2D eigenvalue weighted by Crippen LogP contribution is -2.40. The van der Waals surface area contributed by atoms with Crippen LogP contribution in [0.25, 0.3) is 0 Å². The lowest BCUT2D eigenvalue weighted by molar-refractivity contribution is -0.119. The summed E-state index contributed by atoms with van der Waals surface area (Å²) in [6.07, 6.45) is 2.56. The van der Waals surface area contributed by atoms with Crippen molar-refractivity contribution in [2.24, 2.45) is 4.99 Å².